The Kier molecular flexibility index (Phi) is 4.80. The fraction of sp³-hybridized carbons (Fsp3) is 0.238. The molecule has 0 atom stereocenters. The van der Waals surface area contributed by atoms with Gasteiger partial charge in [-0.05, 0) is 5.56 Å². The average molecular weight is 348 g/mol. The lowest BCUT2D eigenvalue weighted by Crippen LogP contribution is -2.43. The first-order valence-corrected chi connectivity index (χ1v) is 8.93. The van der Waals surface area contributed by atoms with Crippen molar-refractivity contribution in [3.05, 3.63) is 77.7 Å². The molecule has 2 heterocycles. The van der Waals surface area contributed by atoms with E-state index in [0.717, 1.165) is 43.1 Å². The smallest absolute Gasteiger partial charge is 0.462 e. The minimum absolute atomic E-state index is 0.110. The number of nitrogens with one attached hydrogen (secondary N) is 1. The summed E-state index contributed by atoms with van der Waals surface area (Å²) in [5.74, 6) is 0.320. The Labute approximate surface area is 153 Å². The van der Waals surface area contributed by atoms with Crippen LogP contribution in [0.1, 0.15) is 5.56 Å². The first kappa shape index (κ1) is 16.5. The molecule has 26 heavy (non-hydrogen) atoms. The third-order valence-corrected chi connectivity index (χ3v) is 4.62. The fourth-order valence-corrected chi connectivity index (χ4v) is 3.24. The maximum absolute atomic E-state index is 13.0. The second-order valence-electron chi connectivity index (χ2n) is 6.37. The number of carbonyl (C=O) groups excluding carboxylic acids is 1. The summed E-state index contributed by atoms with van der Waals surface area (Å²) in [5, 5.41) is 3.35. The van der Waals surface area contributed by atoms with Crippen LogP contribution >= 0.6 is 0 Å². The number of rotatable bonds is 5. The summed E-state index contributed by atoms with van der Waals surface area (Å²) in [4.78, 5) is 15.3. The lowest BCUT2D eigenvalue weighted by molar-refractivity contribution is -0.357. The van der Waals surface area contributed by atoms with Crippen LogP contribution in [0, 0.1) is 0 Å². The maximum atomic E-state index is 13.0. The molecule has 0 bridgehead atoms. The van der Waals surface area contributed by atoms with E-state index in [1.54, 1.807) is 4.58 Å². The van der Waals surface area contributed by atoms with Crippen LogP contribution in [-0.2, 0) is 16.1 Å². The zero-order valence-corrected chi connectivity index (χ0v) is 14.6. The standard InChI is InChI=1S/C21H22N3O2/c25-21-20(26-16-17-7-3-1-4-8-17)19(23-13-11-22-12-14-23)15-24(21)18-9-5-2-6-10-18/h1-10,15,22H,11-14,16H2/q+1. The fourth-order valence-electron chi connectivity index (χ4n) is 3.24. The van der Waals surface area contributed by atoms with Crippen LogP contribution in [0.3, 0.4) is 0 Å². The van der Waals surface area contributed by atoms with Crippen LogP contribution < -0.4 is 5.32 Å². The molecule has 2 aliphatic rings. The number of hydrogen-bond donors (Lipinski definition) is 1. The van der Waals surface area contributed by atoms with Gasteiger partial charge in [0.25, 0.3) is 5.76 Å². The number of carbonyl (C=O) groups is 1. The van der Waals surface area contributed by atoms with Gasteiger partial charge in [0.05, 0.1) is 0 Å². The van der Waals surface area contributed by atoms with Crippen molar-refractivity contribution in [1.82, 2.24) is 10.2 Å². The molecule has 2 aromatic carbocycles. The maximum Gasteiger partial charge on any atom is 0.462 e. The summed E-state index contributed by atoms with van der Waals surface area (Å²) in [6, 6.07) is 19.6. The number of benzene rings is 2. The third-order valence-electron chi connectivity index (χ3n) is 4.62. The average Bonchev–Trinajstić information content (AvgIpc) is 3.05. The number of para-hydroxylation sites is 1. The van der Waals surface area contributed by atoms with Crippen molar-refractivity contribution in [2.24, 2.45) is 0 Å². The Morgan fingerprint density at radius 1 is 0.962 bits per heavy atom. The van der Waals surface area contributed by atoms with Crippen LogP contribution in [-0.4, -0.2) is 47.8 Å². The first-order chi connectivity index (χ1) is 12.8. The van der Waals surface area contributed by atoms with E-state index in [1.165, 1.54) is 0 Å². The lowest BCUT2D eigenvalue weighted by Gasteiger charge is -2.28. The molecular weight excluding hydrogens is 326 g/mol. The highest BCUT2D eigenvalue weighted by Gasteiger charge is 2.39. The SMILES string of the molecule is O=C1C(OCc2ccccc2)=C(N2CCNCC2)C=[N+]1c1ccccc1. The van der Waals surface area contributed by atoms with Crippen molar-refractivity contribution < 1.29 is 14.1 Å². The molecule has 0 radical (unpaired) electrons. The van der Waals surface area contributed by atoms with Gasteiger partial charge in [-0.2, -0.15) is 0 Å². The van der Waals surface area contributed by atoms with Gasteiger partial charge in [0, 0.05) is 38.3 Å². The Hall–Kier alpha value is -2.92. The number of nitrogens with zero attached hydrogens (tertiary/aromatic N) is 2. The number of piperazine rings is 1. The zero-order valence-electron chi connectivity index (χ0n) is 14.6. The van der Waals surface area contributed by atoms with Gasteiger partial charge in [-0.15, -0.1) is 4.58 Å². The molecule has 1 saturated heterocycles. The third kappa shape index (κ3) is 3.39. The van der Waals surface area contributed by atoms with E-state index in [2.05, 4.69) is 10.2 Å². The normalized spacial score (nSPS) is 17.5. The van der Waals surface area contributed by atoms with E-state index < -0.39 is 0 Å². The lowest BCUT2D eigenvalue weighted by atomic mass is 10.2. The van der Waals surface area contributed by atoms with Gasteiger partial charge in [-0.3, -0.25) is 0 Å². The molecule has 1 amide bonds. The molecule has 1 fully saturated rings. The van der Waals surface area contributed by atoms with E-state index in [9.17, 15) is 4.79 Å². The van der Waals surface area contributed by atoms with E-state index in [4.69, 9.17) is 4.74 Å². The van der Waals surface area contributed by atoms with Crippen LogP contribution in [0.15, 0.2) is 72.1 Å². The van der Waals surface area contributed by atoms with Crippen molar-refractivity contribution in [2.75, 3.05) is 26.2 Å². The molecule has 2 aliphatic heterocycles. The van der Waals surface area contributed by atoms with E-state index in [0.29, 0.717) is 12.4 Å². The first-order valence-electron chi connectivity index (χ1n) is 8.93. The van der Waals surface area contributed by atoms with Crippen LogP contribution in [0.25, 0.3) is 0 Å². The van der Waals surface area contributed by atoms with Crippen LogP contribution in [0.5, 0.6) is 0 Å². The van der Waals surface area contributed by atoms with Gasteiger partial charge < -0.3 is 15.0 Å². The zero-order chi connectivity index (χ0) is 17.8. The summed E-state index contributed by atoms with van der Waals surface area (Å²) in [6.07, 6.45) is 1.91. The van der Waals surface area contributed by atoms with Crippen molar-refractivity contribution in [2.45, 2.75) is 6.61 Å². The highest BCUT2D eigenvalue weighted by Crippen LogP contribution is 2.24. The molecule has 0 unspecified atom stereocenters. The molecule has 0 saturated carbocycles. The van der Waals surface area contributed by atoms with Gasteiger partial charge in [-0.25, -0.2) is 4.79 Å². The summed E-state index contributed by atoms with van der Waals surface area (Å²) >= 11 is 0. The van der Waals surface area contributed by atoms with Crippen LogP contribution in [0.4, 0.5) is 5.69 Å². The van der Waals surface area contributed by atoms with Gasteiger partial charge in [0.2, 0.25) is 11.9 Å². The van der Waals surface area contributed by atoms with E-state index in [1.807, 2.05) is 66.9 Å². The van der Waals surface area contributed by atoms with E-state index in [-0.39, 0.29) is 5.91 Å². The second kappa shape index (κ2) is 7.54. The van der Waals surface area contributed by atoms with Crippen LogP contribution in [0.2, 0.25) is 0 Å². The molecular formula is C21H22N3O2+. The Balaban J connectivity index is 1.62. The largest absolute Gasteiger partial charge is 0.478 e. The Morgan fingerprint density at radius 2 is 1.62 bits per heavy atom. The predicted molar refractivity (Wildman–Crippen MR) is 100 cm³/mol. The molecule has 0 aromatic heterocycles. The molecule has 5 nitrogen and oxygen atoms in total. The molecule has 2 aromatic rings. The number of allylic oxidation sites excluding steroid dienone is 1. The summed E-state index contributed by atoms with van der Waals surface area (Å²) in [5.41, 5.74) is 2.77. The Bertz CT molecular complexity index is 838. The number of ether oxygens (including phenoxy) is 1. The summed E-state index contributed by atoms with van der Waals surface area (Å²) < 4.78 is 7.69. The monoisotopic (exact) mass is 348 g/mol. The number of amides is 1. The van der Waals surface area contributed by atoms with Crippen molar-refractivity contribution in [1.29, 1.82) is 0 Å². The van der Waals surface area contributed by atoms with Crippen molar-refractivity contribution in [3.8, 4) is 0 Å². The summed E-state index contributed by atoms with van der Waals surface area (Å²) in [7, 11) is 0. The van der Waals surface area contributed by atoms with Gasteiger partial charge in [-0.1, -0.05) is 48.5 Å². The highest BCUT2D eigenvalue weighted by molar-refractivity contribution is 6.01. The highest BCUT2D eigenvalue weighted by atomic mass is 16.5. The summed E-state index contributed by atoms with van der Waals surface area (Å²) in [6.45, 7) is 3.92. The molecule has 5 heteroatoms. The quantitative estimate of drug-likeness (QED) is 0.842. The minimum Gasteiger partial charge on any atom is -0.478 e. The van der Waals surface area contributed by atoms with Crippen molar-refractivity contribution in [3.63, 3.8) is 0 Å². The second-order valence-corrected chi connectivity index (χ2v) is 6.37. The molecule has 1 N–H and O–H groups in total. The minimum atomic E-state index is -0.110. The predicted octanol–water partition coefficient (Wildman–Crippen LogP) is 2.28. The van der Waals surface area contributed by atoms with Gasteiger partial charge in [0.1, 0.15) is 6.61 Å². The van der Waals surface area contributed by atoms with Gasteiger partial charge in [0.15, 0.2) is 5.70 Å². The number of hydrogen-bond acceptors (Lipinski definition) is 4. The topological polar surface area (TPSA) is 44.6 Å². The molecule has 0 spiro atoms. The van der Waals surface area contributed by atoms with E-state index >= 15 is 0 Å². The van der Waals surface area contributed by atoms with Crippen molar-refractivity contribution >= 4 is 17.8 Å². The molecule has 0 aliphatic carbocycles. The van der Waals surface area contributed by atoms with Gasteiger partial charge >= 0.3 is 5.91 Å². The molecule has 132 valence electrons. The Morgan fingerprint density at radius 3 is 2.31 bits per heavy atom. The molecule has 4 rings (SSSR count).